The first-order valence-electron chi connectivity index (χ1n) is 4.61. The smallest absolute Gasteiger partial charge is 0.209 e. The van der Waals surface area contributed by atoms with Crippen LogP contribution in [0.1, 0.15) is 4.88 Å². The summed E-state index contributed by atoms with van der Waals surface area (Å²) in [5.41, 5.74) is 5.47. The van der Waals surface area contributed by atoms with Gasteiger partial charge in [0.2, 0.25) is 5.16 Å². The van der Waals surface area contributed by atoms with Crippen LogP contribution in [0.25, 0.3) is 0 Å². The van der Waals surface area contributed by atoms with E-state index in [1.165, 1.54) is 4.88 Å². The van der Waals surface area contributed by atoms with E-state index in [1.54, 1.807) is 27.8 Å². The Hall–Kier alpha value is -0.440. The molecule has 0 aliphatic heterocycles. The number of hydrogen-bond acceptors (Lipinski definition) is 6. The highest BCUT2D eigenvalue weighted by Gasteiger charge is 2.07. The minimum atomic E-state index is 0.545. The largest absolute Gasteiger partial charge is 0.329 e. The van der Waals surface area contributed by atoms with Crippen molar-refractivity contribution >= 4 is 39.0 Å². The number of aromatic nitrogens is 4. The summed E-state index contributed by atoms with van der Waals surface area (Å²) in [5.74, 6) is 0.876. The van der Waals surface area contributed by atoms with Gasteiger partial charge in [0.15, 0.2) is 0 Å². The minimum absolute atomic E-state index is 0.545. The van der Waals surface area contributed by atoms with Gasteiger partial charge in [-0.1, -0.05) is 11.8 Å². The van der Waals surface area contributed by atoms with Gasteiger partial charge in [0.05, 0.1) is 6.54 Å². The van der Waals surface area contributed by atoms with Crippen molar-refractivity contribution in [3.63, 3.8) is 0 Å². The Morgan fingerprint density at radius 1 is 1.56 bits per heavy atom. The fourth-order valence-corrected chi connectivity index (χ4v) is 3.54. The summed E-state index contributed by atoms with van der Waals surface area (Å²) < 4.78 is 2.85. The van der Waals surface area contributed by atoms with Crippen LogP contribution in [0.15, 0.2) is 21.1 Å². The van der Waals surface area contributed by atoms with Gasteiger partial charge in [-0.3, -0.25) is 0 Å². The quantitative estimate of drug-likeness (QED) is 0.850. The van der Waals surface area contributed by atoms with Crippen LogP contribution >= 0.6 is 39.0 Å². The maximum absolute atomic E-state index is 5.47. The molecule has 0 amide bonds. The summed E-state index contributed by atoms with van der Waals surface area (Å²) in [5, 5.41) is 14.4. The van der Waals surface area contributed by atoms with Gasteiger partial charge in [0.25, 0.3) is 0 Å². The average molecular weight is 320 g/mol. The molecule has 0 fully saturated rings. The molecule has 0 aliphatic carbocycles. The monoisotopic (exact) mass is 319 g/mol. The van der Waals surface area contributed by atoms with Crippen LogP contribution < -0.4 is 5.73 Å². The Balaban J connectivity index is 1.96. The molecule has 2 aromatic heterocycles. The van der Waals surface area contributed by atoms with Crippen LogP contribution in [0.5, 0.6) is 0 Å². The average Bonchev–Trinajstić information content (AvgIpc) is 2.85. The Labute approximate surface area is 110 Å². The lowest BCUT2D eigenvalue weighted by molar-refractivity contribution is 0.557. The van der Waals surface area contributed by atoms with Crippen LogP contribution in [0.2, 0.25) is 0 Å². The molecule has 0 spiro atoms. The Morgan fingerprint density at radius 2 is 2.44 bits per heavy atom. The van der Waals surface area contributed by atoms with E-state index < -0.39 is 0 Å². The number of tetrazole rings is 1. The molecule has 0 saturated heterocycles. The van der Waals surface area contributed by atoms with Crippen LogP contribution in [-0.4, -0.2) is 26.8 Å². The van der Waals surface area contributed by atoms with Gasteiger partial charge in [-0.2, -0.15) is 0 Å². The lowest BCUT2D eigenvalue weighted by Crippen LogP contribution is -2.12. The fraction of sp³-hybridized carbons (Fsp3) is 0.375. The predicted molar refractivity (Wildman–Crippen MR) is 68.5 cm³/mol. The summed E-state index contributed by atoms with van der Waals surface area (Å²) >= 11 is 6.77. The summed E-state index contributed by atoms with van der Waals surface area (Å²) in [6, 6.07) is 2.11. The van der Waals surface area contributed by atoms with Crippen molar-refractivity contribution in [2.75, 3.05) is 6.54 Å². The highest BCUT2D eigenvalue weighted by atomic mass is 79.9. The summed E-state index contributed by atoms with van der Waals surface area (Å²) in [6.45, 7) is 1.20. The van der Waals surface area contributed by atoms with Gasteiger partial charge in [-0.05, 0) is 32.4 Å². The maximum Gasteiger partial charge on any atom is 0.209 e. The molecule has 0 radical (unpaired) electrons. The second kappa shape index (κ2) is 5.76. The topological polar surface area (TPSA) is 69.6 Å². The van der Waals surface area contributed by atoms with E-state index in [1.807, 2.05) is 0 Å². The van der Waals surface area contributed by atoms with E-state index in [0.717, 1.165) is 15.4 Å². The van der Waals surface area contributed by atoms with E-state index in [-0.39, 0.29) is 0 Å². The number of halogens is 1. The predicted octanol–water partition coefficient (Wildman–Crippen LogP) is 1.75. The van der Waals surface area contributed by atoms with Gasteiger partial charge in [0, 0.05) is 27.0 Å². The van der Waals surface area contributed by atoms with Crippen LogP contribution in [0.4, 0.5) is 0 Å². The third-order valence-corrected chi connectivity index (χ3v) is 4.69. The van der Waals surface area contributed by atoms with Crippen molar-refractivity contribution in [1.82, 2.24) is 20.2 Å². The molecule has 86 valence electrons. The molecule has 0 aromatic carbocycles. The molecule has 0 saturated carbocycles. The zero-order valence-corrected chi connectivity index (χ0v) is 11.6. The fourth-order valence-electron chi connectivity index (χ4n) is 1.13. The van der Waals surface area contributed by atoms with Gasteiger partial charge < -0.3 is 5.73 Å². The molecule has 2 aromatic rings. The number of thioether (sulfide) groups is 1. The summed E-state index contributed by atoms with van der Waals surface area (Å²) in [6.07, 6.45) is 0. The van der Waals surface area contributed by atoms with E-state index in [9.17, 15) is 0 Å². The molecule has 0 aliphatic rings. The van der Waals surface area contributed by atoms with Gasteiger partial charge in [0.1, 0.15) is 0 Å². The van der Waals surface area contributed by atoms with E-state index >= 15 is 0 Å². The third-order valence-electron chi connectivity index (χ3n) is 1.81. The van der Waals surface area contributed by atoms with Crippen molar-refractivity contribution in [2.45, 2.75) is 17.5 Å². The molecule has 5 nitrogen and oxygen atoms in total. The molecule has 8 heteroatoms. The zero-order chi connectivity index (χ0) is 11.4. The molecule has 0 unspecified atom stereocenters. The standard InChI is InChI=1S/C8H10BrN5S2/c9-6-3-7(15-4-6)5-16-8-11-12-13-14(8)2-1-10/h3-4H,1-2,5,10H2. The molecule has 0 atom stereocenters. The van der Waals surface area contributed by atoms with Crippen LogP contribution in [0.3, 0.4) is 0 Å². The van der Waals surface area contributed by atoms with Crippen molar-refractivity contribution in [3.05, 3.63) is 20.8 Å². The maximum atomic E-state index is 5.47. The number of nitrogens with two attached hydrogens (primary N) is 1. The summed E-state index contributed by atoms with van der Waals surface area (Å²) in [4.78, 5) is 1.29. The molecular formula is C8H10BrN5S2. The highest BCUT2D eigenvalue weighted by Crippen LogP contribution is 2.26. The summed E-state index contributed by atoms with van der Waals surface area (Å²) in [7, 11) is 0. The molecule has 0 bridgehead atoms. The lowest BCUT2D eigenvalue weighted by Gasteiger charge is -2.00. The number of thiophene rings is 1. The van der Waals surface area contributed by atoms with Crippen LogP contribution in [0, 0.1) is 0 Å². The first kappa shape index (κ1) is 12.0. The Morgan fingerprint density at radius 3 is 3.12 bits per heavy atom. The number of rotatable bonds is 5. The second-order valence-corrected chi connectivity index (χ2v) is 5.85. The molecule has 2 N–H and O–H groups in total. The second-order valence-electron chi connectivity index (χ2n) is 2.99. The highest BCUT2D eigenvalue weighted by molar-refractivity contribution is 9.10. The zero-order valence-electron chi connectivity index (χ0n) is 8.34. The van der Waals surface area contributed by atoms with E-state index in [4.69, 9.17) is 5.73 Å². The van der Waals surface area contributed by atoms with E-state index in [2.05, 4.69) is 42.9 Å². The minimum Gasteiger partial charge on any atom is -0.329 e. The first-order chi connectivity index (χ1) is 7.79. The first-order valence-corrected chi connectivity index (χ1v) is 7.27. The van der Waals surface area contributed by atoms with Crippen LogP contribution in [-0.2, 0) is 12.3 Å². The third kappa shape index (κ3) is 3.03. The van der Waals surface area contributed by atoms with Crippen molar-refractivity contribution < 1.29 is 0 Å². The molecule has 2 heterocycles. The van der Waals surface area contributed by atoms with Gasteiger partial charge in [-0.15, -0.1) is 16.4 Å². The molecular weight excluding hydrogens is 310 g/mol. The Bertz CT molecular complexity index is 455. The normalized spacial score (nSPS) is 10.9. The van der Waals surface area contributed by atoms with Crippen molar-refractivity contribution in [2.24, 2.45) is 5.73 Å². The Kier molecular flexibility index (Phi) is 4.33. The van der Waals surface area contributed by atoms with Gasteiger partial charge >= 0.3 is 0 Å². The number of hydrogen-bond donors (Lipinski definition) is 1. The number of nitrogens with zero attached hydrogens (tertiary/aromatic N) is 4. The molecule has 16 heavy (non-hydrogen) atoms. The van der Waals surface area contributed by atoms with Crippen molar-refractivity contribution in [1.29, 1.82) is 0 Å². The lowest BCUT2D eigenvalue weighted by atomic mass is 10.5. The molecule has 2 rings (SSSR count). The van der Waals surface area contributed by atoms with E-state index in [0.29, 0.717) is 13.1 Å². The SMILES string of the molecule is NCCn1nnnc1SCc1cc(Br)cs1. The van der Waals surface area contributed by atoms with Gasteiger partial charge in [-0.25, -0.2) is 4.68 Å². The van der Waals surface area contributed by atoms with Crippen molar-refractivity contribution in [3.8, 4) is 0 Å².